The first kappa shape index (κ1) is 18.1. The van der Waals surface area contributed by atoms with Gasteiger partial charge in [-0.15, -0.1) is 0 Å². The van der Waals surface area contributed by atoms with Crippen molar-refractivity contribution in [2.45, 2.75) is 18.3 Å². The number of halogens is 1. The van der Waals surface area contributed by atoms with Gasteiger partial charge < -0.3 is 14.8 Å². The van der Waals surface area contributed by atoms with E-state index < -0.39 is 10.7 Å². The Bertz CT molecular complexity index is 774. The summed E-state index contributed by atoms with van der Waals surface area (Å²) >= 11 is 0. The smallest absolute Gasteiger partial charge is 0.292 e. The number of hydrogen-bond donors (Lipinski definition) is 1. The third-order valence-electron chi connectivity index (χ3n) is 4.92. The van der Waals surface area contributed by atoms with E-state index in [1.54, 1.807) is 7.11 Å². The number of nitrogens with one attached hydrogen (secondary N) is 1. The van der Waals surface area contributed by atoms with Gasteiger partial charge in [0.1, 0.15) is 17.3 Å². The third-order valence-corrected chi connectivity index (χ3v) is 4.92. The van der Waals surface area contributed by atoms with E-state index in [2.05, 4.69) is 5.32 Å². The lowest BCUT2D eigenvalue weighted by molar-refractivity contribution is -0.384. The maximum absolute atomic E-state index is 13.6. The minimum atomic E-state index is -0.511. The van der Waals surface area contributed by atoms with Gasteiger partial charge in [0.2, 0.25) is 0 Å². The van der Waals surface area contributed by atoms with Crippen LogP contribution in [0.4, 0.5) is 15.8 Å². The van der Waals surface area contributed by atoms with Crippen molar-refractivity contribution in [1.82, 2.24) is 0 Å². The molecule has 1 heterocycles. The monoisotopic (exact) mass is 360 g/mol. The summed E-state index contributed by atoms with van der Waals surface area (Å²) in [4.78, 5) is 10.7. The van der Waals surface area contributed by atoms with Crippen molar-refractivity contribution in [3.63, 3.8) is 0 Å². The molecule has 2 aromatic rings. The topological polar surface area (TPSA) is 73.6 Å². The number of methoxy groups -OCH3 is 1. The molecule has 138 valence electrons. The zero-order valence-electron chi connectivity index (χ0n) is 14.5. The van der Waals surface area contributed by atoms with E-state index in [0.717, 1.165) is 30.2 Å². The SMILES string of the molecule is COc1ccc(C2(CNc3cc(F)ccc3[N+](=O)[O-])CCOCC2)cc1. The quantitative estimate of drug-likeness (QED) is 0.625. The molecule has 0 amide bonds. The highest BCUT2D eigenvalue weighted by molar-refractivity contribution is 5.61. The average Bonchev–Trinajstić information content (AvgIpc) is 2.67. The molecule has 0 radical (unpaired) electrons. The van der Waals surface area contributed by atoms with Crippen molar-refractivity contribution >= 4 is 11.4 Å². The zero-order valence-corrected chi connectivity index (χ0v) is 14.5. The van der Waals surface area contributed by atoms with Gasteiger partial charge in [-0.3, -0.25) is 10.1 Å². The highest BCUT2D eigenvalue weighted by Crippen LogP contribution is 2.37. The molecule has 0 spiro atoms. The largest absolute Gasteiger partial charge is 0.497 e. The molecule has 0 bridgehead atoms. The standard InChI is InChI=1S/C19H21FN2O4/c1-25-16-5-2-14(3-6-16)19(8-10-26-11-9-19)13-21-17-12-15(20)4-7-18(17)22(23)24/h2-7,12,21H,8-11,13H2,1H3. The molecule has 0 aliphatic carbocycles. The van der Waals surface area contributed by atoms with E-state index in [4.69, 9.17) is 9.47 Å². The van der Waals surface area contributed by atoms with Crippen molar-refractivity contribution < 1.29 is 18.8 Å². The van der Waals surface area contributed by atoms with E-state index in [9.17, 15) is 14.5 Å². The van der Waals surface area contributed by atoms with Gasteiger partial charge in [-0.05, 0) is 36.6 Å². The van der Waals surface area contributed by atoms with Crippen molar-refractivity contribution in [3.05, 3.63) is 64.0 Å². The van der Waals surface area contributed by atoms with Crippen molar-refractivity contribution in [3.8, 4) is 5.75 Å². The van der Waals surface area contributed by atoms with Gasteiger partial charge in [0, 0.05) is 37.3 Å². The molecule has 1 fully saturated rings. The number of nitrogens with zero attached hydrogens (tertiary/aromatic N) is 1. The lowest BCUT2D eigenvalue weighted by Crippen LogP contribution is -2.40. The number of benzene rings is 2. The van der Waals surface area contributed by atoms with Crippen LogP contribution in [-0.4, -0.2) is 31.8 Å². The fourth-order valence-electron chi connectivity index (χ4n) is 3.35. The molecule has 1 N–H and O–H groups in total. The number of nitro benzene ring substituents is 1. The Morgan fingerprint density at radius 3 is 2.54 bits per heavy atom. The summed E-state index contributed by atoms with van der Waals surface area (Å²) in [5.74, 6) is 0.258. The molecule has 1 aliphatic rings. The zero-order chi connectivity index (χ0) is 18.6. The Morgan fingerprint density at radius 2 is 1.92 bits per heavy atom. The molecule has 6 nitrogen and oxygen atoms in total. The molecular formula is C19H21FN2O4. The predicted octanol–water partition coefficient (Wildman–Crippen LogP) is 3.90. The fourth-order valence-corrected chi connectivity index (χ4v) is 3.35. The number of hydrogen-bond acceptors (Lipinski definition) is 5. The van der Waals surface area contributed by atoms with Gasteiger partial charge in [-0.2, -0.15) is 0 Å². The maximum atomic E-state index is 13.6. The summed E-state index contributed by atoms with van der Waals surface area (Å²) in [7, 11) is 1.61. The van der Waals surface area contributed by atoms with E-state index in [1.807, 2.05) is 24.3 Å². The van der Waals surface area contributed by atoms with Gasteiger partial charge in [-0.25, -0.2) is 4.39 Å². The van der Waals surface area contributed by atoms with Crippen LogP contribution in [0.5, 0.6) is 5.75 Å². The average molecular weight is 360 g/mol. The van der Waals surface area contributed by atoms with Crippen LogP contribution in [0.2, 0.25) is 0 Å². The Kier molecular flexibility index (Phi) is 5.37. The lowest BCUT2D eigenvalue weighted by Gasteiger charge is -2.38. The predicted molar refractivity (Wildman–Crippen MR) is 96.3 cm³/mol. The second-order valence-electron chi connectivity index (χ2n) is 6.39. The van der Waals surface area contributed by atoms with Crippen molar-refractivity contribution in [2.24, 2.45) is 0 Å². The minimum Gasteiger partial charge on any atom is -0.497 e. The van der Waals surface area contributed by atoms with Gasteiger partial charge >= 0.3 is 0 Å². The van der Waals surface area contributed by atoms with Crippen LogP contribution in [0, 0.1) is 15.9 Å². The van der Waals surface area contributed by atoms with Crippen LogP contribution < -0.4 is 10.1 Å². The molecule has 0 unspecified atom stereocenters. The highest BCUT2D eigenvalue weighted by Gasteiger charge is 2.35. The van der Waals surface area contributed by atoms with E-state index in [1.165, 1.54) is 12.1 Å². The first-order valence-corrected chi connectivity index (χ1v) is 8.44. The fraction of sp³-hybridized carbons (Fsp3) is 0.368. The summed E-state index contributed by atoms with van der Waals surface area (Å²) in [6.07, 6.45) is 1.55. The Morgan fingerprint density at radius 1 is 1.23 bits per heavy atom. The van der Waals surface area contributed by atoms with Gasteiger partial charge in [0.05, 0.1) is 12.0 Å². The second-order valence-corrected chi connectivity index (χ2v) is 6.39. The van der Waals surface area contributed by atoms with E-state index >= 15 is 0 Å². The molecular weight excluding hydrogens is 339 g/mol. The Balaban J connectivity index is 1.88. The molecule has 26 heavy (non-hydrogen) atoms. The molecule has 0 aromatic heterocycles. The van der Waals surface area contributed by atoms with Gasteiger partial charge in [-0.1, -0.05) is 12.1 Å². The third kappa shape index (κ3) is 3.77. The number of ether oxygens (including phenoxy) is 2. The number of rotatable bonds is 6. The van der Waals surface area contributed by atoms with Crippen LogP contribution in [0.3, 0.4) is 0 Å². The van der Waals surface area contributed by atoms with Crippen LogP contribution in [-0.2, 0) is 10.2 Å². The first-order valence-electron chi connectivity index (χ1n) is 8.44. The normalized spacial score (nSPS) is 16.1. The van der Waals surface area contributed by atoms with Crippen LogP contribution in [0.15, 0.2) is 42.5 Å². The molecule has 1 aliphatic heterocycles. The highest BCUT2D eigenvalue weighted by atomic mass is 19.1. The van der Waals surface area contributed by atoms with E-state index in [0.29, 0.717) is 19.8 Å². The molecule has 3 rings (SSSR count). The molecule has 7 heteroatoms. The second kappa shape index (κ2) is 7.70. The van der Waals surface area contributed by atoms with Gasteiger partial charge in [0.25, 0.3) is 5.69 Å². The van der Waals surface area contributed by atoms with E-state index in [-0.39, 0.29) is 16.8 Å². The van der Waals surface area contributed by atoms with Crippen LogP contribution in [0.25, 0.3) is 0 Å². The Labute approximate surface area is 151 Å². The summed E-state index contributed by atoms with van der Waals surface area (Å²) in [5, 5.41) is 14.3. The lowest BCUT2D eigenvalue weighted by atomic mass is 9.74. The van der Waals surface area contributed by atoms with Crippen molar-refractivity contribution in [1.29, 1.82) is 0 Å². The summed E-state index contributed by atoms with van der Waals surface area (Å²) < 4.78 is 24.3. The minimum absolute atomic E-state index is 0.136. The van der Waals surface area contributed by atoms with Crippen molar-refractivity contribution in [2.75, 3.05) is 32.2 Å². The summed E-state index contributed by atoms with van der Waals surface area (Å²) in [6.45, 7) is 1.67. The maximum Gasteiger partial charge on any atom is 0.292 e. The summed E-state index contributed by atoms with van der Waals surface area (Å²) in [5.41, 5.74) is 0.913. The van der Waals surface area contributed by atoms with Crippen LogP contribution >= 0.6 is 0 Å². The number of nitro groups is 1. The Hall–Kier alpha value is -2.67. The molecule has 2 aromatic carbocycles. The molecule has 0 atom stereocenters. The number of anilines is 1. The first-order chi connectivity index (χ1) is 12.5. The van der Waals surface area contributed by atoms with Gasteiger partial charge in [0.15, 0.2) is 0 Å². The molecule has 0 saturated carbocycles. The molecule has 1 saturated heterocycles. The summed E-state index contributed by atoms with van der Waals surface area (Å²) in [6, 6.07) is 11.3. The van der Waals surface area contributed by atoms with Crippen LogP contribution in [0.1, 0.15) is 18.4 Å².